The van der Waals surface area contributed by atoms with Gasteiger partial charge in [0.1, 0.15) is 16.8 Å². The SMILES string of the molecule is CC(=O)c1sc(-c2ccc(OCC(C)C)c(C#N)c2)nc1C.CCCC. The van der Waals surface area contributed by atoms with Gasteiger partial charge in [0.25, 0.3) is 0 Å². The minimum absolute atomic E-state index is 0.0126. The van der Waals surface area contributed by atoms with E-state index in [9.17, 15) is 10.1 Å². The lowest BCUT2D eigenvalue weighted by Crippen LogP contribution is -2.05. The van der Waals surface area contributed by atoms with Gasteiger partial charge < -0.3 is 4.74 Å². The molecule has 1 heterocycles. The largest absolute Gasteiger partial charge is 0.492 e. The number of nitriles is 1. The van der Waals surface area contributed by atoms with Crippen LogP contribution in [0.1, 0.15) is 68.4 Å². The smallest absolute Gasteiger partial charge is 0.171 e. The number of ketones is 1. The summed E-state index contributed by atoms with van der Waals surface area (Å²) in [5, 5.41) is 10.0. The number of benzene rings is 1. The van der Waals surface area contributed by atoms with E-state index in [1.165, 1.54) is 31.1 Å². The molecule has 26 heavy (non-hydrogen) atoms. The summed E-state index contributed by atoms with van der Waals surface area (Å²) in [4.78, 5) is 16.6. The van der Waals surface area contributed by atoms with Crippen LogP contribution in [0.15, 0.2) is 18.2 Å². The van der Waals surface area contributed by atoms with E-state index in [1.54, 1.807) is 12.1 Å². The van der Waals surface area contributed by atoms with Crippen molar-refractivity contribution >= 4 is 17.1 Å². The van der Waals surface area contributed by atoms with Crippen LogP contribution >= 0.6 is 11.3 Å². The Hall–Kier alpha value is -2.19. The highest BCUT2D eigenvalue weighted by Crippen LogP contribution is 2.31. The van der Waals surface area contributed by atoms with Crippen LogP contribution in [-0.2, 0) is 0 Å². The number of thiazole rings is 1. The van der Waals surface area contributed by atoms with E-state index < -0.39 is 0 Å². The van der Waals surface area contributed by atoms with Crippen molar-refractivity contribution < 1.29 is 9.53 Å². The highest BCUT2D eigenvalue weighted by atomic mass is 32.1. The van der Waals surface area contributed by atoms with Crippen molar-refractivity contribution in [2.45, 2.75) is 54.4 Å². The van der Waals surface area contributed by atoms with E-state index in [0.717, 1.165) is 16.3 Å². The Balaban J connectivity index is 0.000000765. The standard InChI is InChI=1S/C17H18N2O2S.C4H10/c1-10(2)9-21-15-6-5-13(7-14(15)8-18)17-19-11(3)16(22-17)12(4)20;1-3-4-2/h5-7,10H,9H2,1-4H3;3-4H2,1-2H3. The van der Waals surface area contributed by atoms with Crippen LogP contribution in [0.2, 0.25) is 0 Å². The number of unbranched alkanes of at least 4 members (excludes halogenated alkanes) is 1. The van der Waals surface area contributed by atoms with Crippen LogP contribution in [0.5, 0.6) is 5.75 Å². The maximum Gasteiger partial charge on any atom is 0.171 e. The molecule has 1 aromatic carbocycles. The van der Waals surface area contributed by atoms with Crippen molar-refractivity contribution in [3.63, 3.8) is 0 Å². The molecule has 2 aromatic rings. The first-order valence-electron chi connectivity index (χ1n) is 8.99. The molecule has 0 spiro atoms. The topological polar surface area (TPSA) is 63.0 Å². The third-order valence-electron chi connectivity index (χ3n) is 3.54. The molecule has 0 aliphatic rings. The maximum absolute atomic E-state index is 11.5. The fourth-order valence-corrected chi connectivity index (χ4v) is 2.94. The molecule has 0 N–H and O–H groups in total. The Bertz CT molecular complexity index is 771. The molecule has 4 nitrogen and oxygen atoms in total. The molecule has 0 atom stereocenters. The van der Waals surface area contributed by atoms with Gasteiger partial charge in [0.15, 0.2) is 5.78 Å². The maximum atomic E-state index is 11.5. The van der Waals surface area contributed by atoms with Crippen LogP contribution in [0.4, 0.5) is 0 Å². The van der Waals surface area contributed by atoms with Crippen molar-refractivity contribution in [1.29, 1.82) is 5.26 Å². The molecule has 0 saturated heterocycles. The van der Waals surface area contributed by atoms with Gasteiger partial charge in [-0.25, -0.2) is 4.98 Å². The number of Topliss-reactive ketones (excluding diaryl/α,β-unsaturated/α-hetero) is 1. The fourth-order valence-electron chi connectivity index (χ4n) is 1.98. The fraction of sp³-hybridized carbons (Fsp3) is 0.476. The molecule has 1 aromatic heterocycles. The first-order chi connectivity index (χ1) is 12.3. The Kier molecular flexibility index (Phi) is 9.01. The van der Waals surface area contributed by atoms with E-state index in [2.05, 4.69) is 38.7 Å². The van der Waals surface area contributed by atoms with Gasteiger partial charge in [0.05, 0.1) is 22.7 Å². The van der Waals surface area contributed by atoms with Crippen LogP contribution in [0.25, 0.3) is 10.6 Å². The highest BCUT2D eigenvalue weighted by molar-refractivity contribution is 7.17. The normalized spacial score (nSPS) is 10.1. The second-order valence-corrected chi connectivity index (χ2v) is 7.52. The second kappa shape index (κ2) is 10.7. The predicted octanol–water partition coefficient (Wildman–Crippen LogP) is 6.03. The zero-order chi connectivity index (χ0) is 19.7. The van der Waals surface area contributed by atoms with E-state index >= 15 is 0 Å². The number of aryl methyl sites for hydroxylation is 1. The number of nitrogens with zero attached hydrogens (tertiary/aromatic N) is 2. The van der Waals surface area contributed by atoms with Gasteiger partial charge >= 0.3 is 0 Å². The van der Waals surface area contributed by atoms with Gasteiger partial charge in [0, 0.05) is 12.5 Å². The monoisotopic (exact) mass is 372 g/mol. The Morgan fingerprint density at radius 2 is 1.96 bits per heavy atom. The summed E-state index contributed by atoms with van der Waals surface area (Å²) in [6.07, 6.45) is 2.64. The average molecular weight is 373 g/mol. The Morgan fingerprint density at radius 3 is 2.42 bits per heavy atom. The lowest BCUT2D eigenvalue weighted by molar-refractivity contribution is 0.102. The van der Waals surface area contributed by atoms with Crippen molar-refractivity contribution in [2.24, 2.45) is 5.92 Å². The summed E-state index contributed by atoms with van der Waals surface area (Å²) in [5.41, 5.74) is 2.04. The lowest BCUT2D eigenvalue weighted by atomic mass is 10.1. The predicted molar refractivity (Wildman–Crippen MR) is 108 cm³/mol. The molecule has 0 fully saturated rings. The van der Waals surface area contributed by atoms with Crippen molar-refractivity contribution in [1.82, 2.24) is 4.98 Å². The van der Waals surface area contributed by atoms with Gasteiger partial charge in [-0.15, -0.1) is 11.3 Å². The molecular formula is C21H28N2O2S. The van der Waals surface area contributed by atoms with Gasteiger partial charge in [0.2, 0.25) is 0 Å². The number of carbonyl (C=O) groups is 1. The van der Waals surface area contributed by atoms with Gasteiger partial charge in [-0.3, -0.25) is 4.79 Å². The number of hydrogen-bond acceptors (Lipinski definition) is 5. The molecule has 0 amide bonds. The Morgan fingerprint density at radius 1 is 1.31 bits per heavy atom. The third kappa shape index (κ3) is 6.27. The molecule has 0 saturated carbocycles. The zero-order valence-corrected chi connectivity index (χ0v) is 17.4. The average Bonchev–Trinajstić information content (AvgIpc) is 3.02. The minimum atomic E-state index is 0.0126. The van der Waals surface area contributed by atoms with Gasteiger partial charge in [-0.1, -0.05) is 40.5 Å². The van der Waals surface area contributed by atoms with E-state index in [1.807, 2.05) is 13.0 Å². The molecular weight excluding hydrogens is 344 g/mol. The first kappa shape index (κ1) is 21.9. The molecule has 0 bridgehead atoms. The second-order valence-electron chi connectivity index (χ2n) is 6.52. The summed E-state index contributed by atoms with van der Waals surface area (Å²) in [7, 11) is 0. The summed E-state index contributed by atoms with van der Waals surface area (Å²) >= 11 is 1.35. The molecule has 0 radical (unpaired) electrons. The van der Waals surface area contributed by atoms with E-state index in [4.69, 9.17) is 4.74 Å². The van der Waals surface area contributed by atoms with Crippen LogP contribution in [-0.4, -0.2) is 17.4 Å². The Labute approximate surface area is 160 Å². The summed E-state index contributed by atoms with van der Waals surface area (Å²) < 4.78 is 5.65. The quantitative estimate of drug-likeness (QED) is 0.580. The minimum Gasteiger partial charge on any atom is -0.492 e. The summed E-state index contributed by atoms with van der Waals surface area (Å²) in [6.45, 7) is 12.4. The molecule has 140 valence electrons. The number of carbonyl (C=O) groups excluding carboxylic acids is 1. The highest BCUT2D eigenvalue weighted by Gasteiger charge is 2.14. The van der Waals surface area contributed by atoms with Gasteiger partial charge in [-0.2, -0.15) is 5.26 Å². The first-order valence-corrected chi connectivity index (χ1v) is 9.81. The van der Waals surface area contributed by atoms with Gasteiger partial charge in [-0.05, 0) is 31.0 Å². The lowest BCUT2D eigenvalue weighted by Gasteiger charge is -2.10. The van der Waals surface area contributed by atoms with Crippen LogP contribution < -0.4 is 4.74 Å². The number of rotatable bonds is 6. The van der Waals surface area contributed by atoms with Crippen molar-refractivity contribution in [2.75, 3.05) is 6.61 Å². The molecule has 0 aliphatic heterocycles. The number of ether oxygens (including phenoxy) is 1. The zero-order valence-electron chi connectivity index (χ0n) is 16.5. The van der Waals surface area contributed by atoms with Crippen molar-refractivity contribution in [3.8, 4) is 22.4 Å². The molecule has 0 unspecified atom stereocenters. The van der Waals surface area contributed by atoms with Crippen LogP contribution in [0.3, 0.4) is 0 Å². The molecule has 5 heteroatoms. The third-order valence-corrected chi connectivity index (χ3v) is 4.84. The van der Waals surface area contributed by atoms with Crippen molar-refractivity contribution in [3.05, 3.63) is 34.3 Å². The van der Waals surface area contributed by atoms with Crippen LogP contribution in [0, 0.1) is 24.2 Å². The summed E-state index contributed by atoms with van der Waals surface area (Å²) in [5.74, 6) is 0.990. The molecule has 0 aliphatic carbocycles. The summed E-state index contributed by atoms with van der Waals surface area (Å²) in [6, 6.07) is 7.59. The molecule has 2 rings (SSSR count). The number of aromatic nitrogens is 1. The van der Waals surface area contributed by atoms with E-state index in [-0.39, 0.29) is 5.78 Å². The van der Waals surface area contributed by atoms with E-state index in [0.29, 0.717) is 28.7 Å². The number of hydrogen-bond donors (Lipinski definition) is 0.